The highest BCUT2D eigenvalue weighted by Gasteiger charge is 2.62. The molecule has 11 heteroatoms. The molecule has 0 aromatic heterocycles. The summed E-state index contributed by atoms with van der Waals surface area (Å²) in [6.45, 7) is -0.806. The largest absolute Gasteiger partial charge is 0.511 e. The fourth-order valence-electron chi connectivity index (χ4n) is 4.92. The highest BCUT2D eigenvalue weighted by atomic mass is 32.2. The van der Waals surface area contributed by atoms with Crippen LogP contribution in [0.3, 0.4) is 0 Å². The number of ether oxygens (including phenoxy) is 3. The quantitative estimate of drug-likeness (QED) is 0.317. The van der Waals surface area contributed by atoms with E-state index in [0.29, 0.717) is 16.7 Å². The van der Waals surface area contributed by atoms with Gasteiger partial charge in [0.05, 0.1) is 6.10 Å². The number of nitrogens with zero attached hydrogens (tertiary/aromatic N) is 1. The summed E-state index contributed by atoms with van der Waals surface area (Å²) in [6.07, 6.45) is -1.84. The Balaban J connectivity index is 1.99. The zero-order valence-electron chi connectivity index (χ0n) is 20.7. The van der Waals surface area contributed by atoms with Gasteiger partial charge in [0.15, 0.2) is 0 Å². The average molecular weight is 552 g/mol. The molecule has 204 valence electrons. The molecule has 0 aliphatic carbocycles. The number of alkyl halides is 3. The molecule has 1 aliphatic rings. The van der Waals surface area contributed by atoms with E-state index in [4.69, 9.17) is 14.2 Å². The summed E-state index contributed by atoms with van der Waals surface area (Å²) >= 11 is 0. The first-order valence-electron chi connectivity index (χ1n) is 11.7. The first kappa shape index (κ1) is 28.2. The molecule has 4 rings (SSSR count). The molecule has 1 saturated heterocycles. The van der Waals surface area contributed by atoms with Crippen LogP contribution in [0.2, 0.25) is 0 Å². The van der Waals surface area contributed by atoms with Crippen LogP contribution in [0.4, 0.5) is 13.2 Å². The van der Waals surface area contributed by atoms with Crippen molar-refractivity contribution in [2.24, 2.45) is 0 Å². The Morgan fingerprint density at radius 1 is 0.789 bits per heavy atom. The highest BCUT2D eigenvalue weighted by Crippen LogP contribution is 2.47. The fourth-order valence-corrected chi connectivity index (χ4v) is 6.10. The first-order chi connectivity index (χ1) is 18.0. The smallest absolute Gasteiger partial charge is 0.392 e. The van der Waals surface area contributed by atoms with Gasteiger partial charge in [-0.25, -0.2) is 8.42 Å². The normalized spacial score (nSPS) is 19.5. The number of β-amino-alcohol motifs (C(OH)–C–C–N with tert-alkyl or cyclic N) is 1. The Kier molecular flexibility index (Phi) is 7.99. The number of benzene rings is 3. The minimum atomic E-state index is -5.88. The lowest BCUT2D eigenvalue weighted by molar-refractivity contribution is -0.404. The molecule has 7 nitrogen and oxygen atoms in total. The van der Waals surface area contributed by atoms with Crippen LogP contribution in [-0.4, -0.2) is 62.2 Å². The molecule has 2 unspecified atom stereocenters. The maximum Gasteiger partial charge on any atom is 0.511 e. The van der Waals surface area contributed by atoms with Crippen molar-refractivity contribution >= 4 is 10.0 Å². The van der Waals surface area contributed by atoms with E-state index in [9.17, 15) is 26.7 Å². The summed E-state index contributed by atoms with van der Waals surface area (Å²) in [5.41, 5.74) is -5.39. The Bertz CT molecular complexity index is 1210. The molecule has 38 heavy (non-hydrogen) atoms. The van der Waals surface area contributed by atoms with Gasteiger partial charge in [0.25, 0.3) is 0 Å². The van der Waals surface area contributed by atoms with Crippen molar-refractivity contribution in [3.05, 3.63) is 108 Å². The Morgan fingerprint density at radius 2 is 1.18 bits per heavy atom. The van der Waals surface area contributed by atoms with E-state index in [1.54, 1.807) is 91.0 Å². The molecule has 0 amide bonds. The Labute approximate surface area is 219 Å². The van der Waals surface area contributed by atoms with Gasteiger partial charge in [-0.05, 0) is 23.1 Å². The highest BCUT2D eigenvalue weighted by molar-refractivity contribution is 7.90. The lowest BCUT2D eigenvalue weighted by atomic mass is 9.80. The Morgan fingerprint density at radius 3 is 1.53 bits per heavy atom. The SMILES string of the molecule is COC(OC)(OC(c1ccccc1)(c1ccccc1)c1ccccc1)C1CC(O)CN1S(=O)(=O)C(F)(F)F. The third kappa shape index (κ3) is 4.86. The molecule has 3 aromatic carbocycles. The number of sulfonamides is 1. The number of aliphatic hydroxyl groups excluding tert-OH is 1. The van der Waals surface area contributed by atoms with E-state index < -0.39 is 52.2 Å². The molecule has 0 radical (unpaired) electrons. The summed E-state index contributed by atoms with van der Waals surface area (Å²) in [7, 11) is -3.58. The summed E-state index contributed by atoms with van der Waals surface area (Å²) in [4.78, 5) is 0. The van der Waals surface area contributed by atoms with Crippen LogP contribution in [0.25, 0.3) is 0 Å². The van der Waals surface area contributed by atoms with Crippen LogP contribution in [0.15, 0.2) is 91.0 Å². The maximum atomic E-state index is 13.7. The van der Waals surface area contributed by atoms with E-state index in [2.05, 4.69) is 0 Å². The van der Waals surface area contributed by atoms with Gasteiger partial charge < -0.3 is 19.3 Å². The first-order valence-corrected chi connectivity index (χ1v) is 13.2. The molecular formula is C27H28F3NO6S. The van der Waals surface area contributed by atoms with Crippen LogP contribution in [-0.2, 0) is 29.8 Å². The van der Waals surface area contributed by atoms with Gasteiger partial charge in [-0.15, -0.1) is 0 Å². The lowest BCUT2D eigenvalue weighted by Gasteiger charge is -2.46. The van der Waals surface area contributed by atoms with E-state index in [-0.39, 0.29) is 4.31 Å². The fraction of sp³-hybridized carbons (Fsp3) is 0.333. The van der Waals surface area contributed by atoms with Crippen molar-refractivity contribution in [3.8, 4) is 0 Å². The molecule has 2 atom stereocenters. The van der Waals surface area contributed by atoms with Crippen molar-refractivity contribution in [2.75, 3.05) is 20.8 Å². The number of methoxy groups -OCH3 is 2. The number of hydrogen-bond acceptors (Lipinski definition) is 6. The van der Waals surface area contributed by atoms with Crippen LogP contribution in [0.5, 0.6) is 0 Å². The zero-order valence-corrected chi connectivity index (χ0v) is 21.5. The standard InChI is InChI=1S/C27H28F3NO6S/c1-35-26(36-2,24-18-23(32)19-31(24)38(33,34)27(28,29)30)37-25(20-12-6-3-7-13-20,21-14-8-4-9-15-21)22-16-10-5-11-17-22/h3-17,23-24,32H,18-19H2,1-2H3. The predicted octanol–water partition coefficient (Wildman–Crippen LogP) is 4.23. The molecule has 1 N–H and O–H groups in total. The van der Waals surface area contributed by atoms with Gasteiger partial charge in [0, 0.05) is 20.8 Å². The lowest BCUT2D eigenvalue weighted by Crippen LogP contribution is -2.60. The van der Waals surface area contributed by atoms with Crippen LogP contribution in [0.1, 0.15) is 23.1 Å². The minimum absolute atomic E-state index is 0.149. The minimum Gasteiger partial charge on any atom is -0.392 e. The van der Waals surface area contributed by atoms with Crippen molar-refractivity contribution in [2.45, 2.75) is 35.6 Å². The summed E-state index contributed by atoms with van der Waals surface area (Å²) in [5, 5.41) is 10.4. The summed E-state index contributed by atoms with van der Waals surface area (Å²) in [6, 6.07) is 25.1. The van der Waals surface area contributed by atoms with Gasteiger partial charge in [0.2, 0.25) is 0 Å². The molecule has 1 aliphatic heterocycles. The van der Waals surface area contributed by atoms with Gasteiger partial charge in [-0.1, -0.05) is 91.0 Å². The monoisotopic (exact) mass is 551 g/mol. The number of hydrogen-bond donors (Lipinski definition) is 1. The predicted molar refractivity (Wildman–Crippen MR) is 133 cm³/mol. The molecule has 3 aromatic rings. The van der Waals surface area contributed by atoms with Gasteiger partial charge in [-0.2, -0.15) is 17.5 Å². The van der Waals surface area contributed by atoms with Crippen LogP contribution in [0, 0.1) is 0 Å². The second-order valence-corrected chi connectivity index (χ2v) is 10.7. The van der Waals surface area contributed by atoms with Crippen LogP contribution >= 0.6 is 0 Å². The van der Waals surface area contributed by atoms with Crippen molar-refractivity contribution in [1.82, 2.24) is 4.31 Å². The zero-order chi connectivity index (χ0) is 27.6. The summed E-state index contributed by atoms with van der Waals surface area (Å²) < 4.78 is 84.4. The number of rotatable bonds is 9. The van der Waals surface area contributed by atoms with Crippen molar-refractivity contribution < 1.29 is 40.9 Å². The van der Waals surface area contributed by atoms with Gasteiger partial charge >= 0.3 is 21.5 Å². The maximum absolute atomic E-state index is 13.7. The third-order valence-electron chi connectivity index (χ3n) is 6.65. The number of aliphatic hydroxyl groups is 1. The number of halogens is 3. The second kappa shape index (κ2) is 10.8. The third-order valence-corrected chi connectivity index (χ3v) is 8.25. The average Bonchev–Trinajstić information content (AvgIpc) is 3.34. The molecular weight excluding hydrogens is 523 g/mol. The molecule has 1 fully saturated rings. The van der Waals surface area contributed by atoms with Crippen molar-refractivity contribution in [3.63, 3.8) is 0 Å². The van der Waals surface area contributed by atoms with E-state index in [1.165, 1.54) is 0 Å². The topological polar surface area (TPSA) is 85.3 Å². The van der Waals surface area contributed by atoms with E-state index >= 15 is 0 Å². The van der Waals surface area contributed by atoms with Crippen molar-refractivity contribution in [1.29, 1.82) is 0 Å². The molecule has 1 heterocycles. The Hall–Kier alpha value is -2.80. The molecule has 0 bridgehead atoms. The van der Waals surface area contributed by atoms with E-state index in [1.807, 2.05) is 0 Å². The second-order valence-electron chi connectivity index (χ2n) is 8.82. The molecule has 0 saturated carbocycles. The van der Waals surface area contributed by atoms with Gasteiger partial charge in [-0.3, -0.25) is 0 Å². The summed E-state index contributed by atoms with van der Waals surface area (Å²) in [5.74, 6) is -2.38. The van der Waals surface area contributed by atoms with Gasteiger partial charge in [0.1, 0.15) is 11.6 Å². The van der Waals surface area contributed by atoms with Crippen LogP contribution < -0.4 is 0 Å². The molecule has 0 spiro atoms. The van der Waals surface area contributed by atoms with E-state index in [0.717, 1.165) is 14.2 Å².